The Balaban J connectivity index is 2.91. The Bertz CT molecular complexity index is 360. The van der Waals surface area contributed by atoms with E-state index in [1.807, 2.05) is 0 Å². The van der Waals surface area contributed by atoms with Gasteiger partial charge >= 0.3 is 0 Å². The van der Waals surface area contributed by atoms with E-state index in [9.17, 15) is 0 Å². The SMILES string of the molecule is CCCC(CC)Nc1ccc(C)c(OC)c1C. The van der Waals surface area contributed by atoms with Crippen LogP contribution in [0.15, 0.2) is 12.1 Å². The van der Waals surface area contributed by atoms with E-state index in [4.69, 9.17) is 4.74 Å². The number of rotatable bonds is 6. The Morgan fingerprint density at radius 1 is 1.24 bits per heavy atom. The molecule has 1 rings (SSSR count). The number of anilines is 1. The van der Waals surface area contributed by atoms with Gasteiger partial charge in [0.2, 0.25) is 0 Å². The highest BCUT2D eigenvalue weighted by molar-refractivity contribution is 5.60. The molecule has 1 aromatic carbocycles. The van der Waals surface area contributed by atoms with E-state index in [0.29, 0.717) is 6.04 Å². The molecule has 1 atom stereocenters. The zero-order valence-electron chi connectivity index (χ0n) is 11.8. The summed E-state index contributed by atoms with van der Waals surface area (Å²) in [6, 6.07) is 4.84. The molecule has 1 unspecified atom stereocenters. The van der Waals surface area contributed by atoms with Crippen molar-refractivity contribution >= 4 is 5.69 Å². The molecule has 0 saturated heterocycles. The van der Waals surface area contributed by atoms with Crippen molar-refractivity contribution < 1.29 is 4.74 Å². The molecule has 2 nitrogen and oxygen atoms in total. The van der Waals surface area contributed by atoms with Crippen molar-refractivity contribution in [3.05, 3.63) is 23.3 Å². The van der Waals surface area contributed by atoms with Gasteiger partial charge in [-0.05, 0) is 38.3 Å². The minimum Gasteiger partial charge on any atom is -0.496 e. The molecule has 0 fully saturated rings. The van der Waals surface area contributed by atoms with Gasteiger partial charge in [0.15, 0.2) is 0 Å². The standard InChI is InChI=1S/C15H25NO/c1-6-8-13(7-2)16-14-10-9-11(3)15(17-5)12(14)4/h9-10,13,16H,6-8H2,1-5H3. The molecular weight excluding hydrogens is 210 g/mol. The number of nitrogens with one attached hydrogen (secondary N) is 1. The van der Waals surface area contributed by atoms with Gasteiger partial charge in [-0.1, -0.05) is 26.3 Å². The maximum atomic E-state index is 5.45. The topological polar surface area (TPSA) is 21.3 Å². The maximum Gasteiger partial charge on any atom is 0.126 e. The summed E-state index contributed by atoms with van der Waals surface area (Å²) in [5.41, 5.74) is 3.61. The van der Waals surface area contributed by atoms with Crippen LogP contribution in [0.3, 0.4) is 0 Å². The van der Waals surface area contributed by atoms with E-state index >= 15 is 0 Å². The lowest BCUT2D eigenvalue weighted by Crippen LogP contribution is -2.18. The Labute approximate surface area is 105 Å². The summed E-state index contributed by atoms with van der Waals surface area (Å²) in [5.74, 6) is 1.00. The molecule has 1 aromatic rings. The van der Waals surface area contributed by atoms with Crippen molar-refractivity contribution in [3.63, 3.8) is 0 Å². The molecule has 0 aromatic heterocycles. The van der Waals surface area contributed by atoms with Crippen molar-refractivity contribution in [3.8, 4) is 5.75 Å². The molecule has 0 bridgehead atoms. The van der Waals surface area contributed by atoms with E-state index in [2.05, 4.69) is 45.1 Å². The first-order valence-corrected chi connectivity index (χ1v) is 6.54. The molecule has 0 saturated carbocycles. The summed E-state index contributed by atoms with van der Waals surface area (Å²) < 4.78 is 5.45. The molecule has 0 aliphatic rings. The number of aryl methyl sites for hydroxylation is 1. The minimum atomic E-state index is 0.561. The summed E-state index contributed by atoms with van der Waals surface area (Å²) in [6.45, 7) is 8.66. The van der Waals surface area contributed by atoms with Crippen LogP contribution in [0.1, 0.15) is 44.2 Å². The number of hydrogen-bond donors (Lipinski definition) is 1. The largest absolute Gasteiger partial charge is 0.496 e. The lowest BCUT2D eigenvalue weighted by molar-refractivity contribution is 0.408. The average Bonchev–Trinajstić information content (AvgIpc) is 2.32. The van der Waals surface area contributed by atoms with E-state index in [-0.39, 0.29) is 0 Å². The van der Waals surface area contributed by atoms with Crippen molar-refractivity contribution in [1.82, 2.24) is 0 Å². The Hall–Kier alpha value is -1.18. The number of ether oxygens (including phenoxy) is 1. The Morgan fingerprint density at radius 3 is 2.47 bits per heavy atom. The van der Waals surface area contributed by atoms with Gasteiger partial charge in [-0.15, -0.1) is 0 Å². The molecule has 0 heterocycles. The first kappa shape index (κ1) is 13.9. The molecule has 17 heavy (non-hydrogen) atoms. The van der Waals surface area contributed by atoms with Gasteiger partial charge in [0.05, 0.1) is 7.11 Å². The fourth-order valence-electron chi connectivity index (χ4n) is 2.24. The van der Waals surface area contributed by atoms with Crippen molar-refractivity contribution in [2.75, 3.05) is 12.4 Å². The third-order valence-electron chi connectivity index (χ3n) is 3.30. The van der Waals surface area contributed by atoms with Crippen LogP contribution in [-0.4, -0.2) is 13.2 Å². The van der Waals surface area contributed by atoms with Gasteiger partial charge in [0, 0.05) is 17.3 Å². The second-order valence-electron chi connectivity index (χ2n) is 4.63. The van der Waals surface area contributed by atoms with Crippen LogP contribution in [0.25, 0.3) is 0 Å². The molecule has 0 radical (unpaired) electrons. The number of benzene rings is 1. The van der Waals surface area contributed by atoms with Gasteiger partial charge < -0.3 is 10.1 Å². The Morgan fingerprint density at radius 2 is 1.94 bits per heavy atom. The molecule has 2 heteroatoms. The van der Waals surface area contributed by atoms with Crippen LogP contribution in [0.4, 0.5) is 5.69 Å². The summed E-state index contributed by atoms with van der Waals surface area (Å²) in [6.07, 6.45) is 3.59. The lowest BCUT2D eigenvalue weighted by Gasteiger charge is -2.21. The van der Waals surface area contributed by atoms with E-state index in [1.165, 1.54) is 29.7 Å². The predicted octanol–water partition coefficient (Wildman–Crippen LogP) is 4.30. The highest BCUT2D eigenvalue weighted by atomic mass is 16.5. The first-order chi connectivity index (χ1) is 8.13. The highest BCUT2D eigenvalue weighted by Gasteiger charge is 2.11. The minimum absolute atomic E-state index is 0.561. The van der Waals surface area contributed by atoms with Crippen LogP contribution in [0, 0.1) is 13.8 Å². The van der Waals surface area contributed by atoms with Gasteiger partial charge in [-0.2, -0.15) is 0 Å². The molecule has 0 aliphatic heterocycles. The highest BCUT2D eigenvalue weighted by Crippen LogP contribution is 2.30. The molecule has 1 N–H and O–H groups in total. The normalized spacial score (nSPS) is 12.3. The maximum absolute atomic E-state index is 5.45. The summed E-state index contributed by atoms with van der Waals surface area (Å²) in [7, 11) is 1.74. The van der Waals surface area contributed by atoms with Gasteiger partial charge in [-0.3, -0.25) is 0 Å². The van der Waals surface area contributed by atoms with Crippen molar-refractivity contribution in [1.29, 1.82) is 0 Å². The van der Waals surface area contributed by atoms with Crippen LogP contribution in [0.5, 0.6) is 5.75 Å². The van der Waals surface area contributed by atoms with E-state index < -0.39 is 0 Å². The summed E-state index contributed by atoms with van der Waals surface area (Å²) >= 11 is 0. The van der Waals surface area contributed by atoms with Crippen LogP contribution in [-0.2, 0) is 0 Å². The molecule has 0 aliphatic carbocycles. The summed E-state index contributed by atoms with van der Waals surface area (Å²) in [4.78, 5) is 0. The average molecular weight is 235 g/mol. The van der Waals surface area contributed by atoms with Gasteiger partial charge in [0.1, 0.15) is 5.75 Å². The zero-order valence-corrected chi connectivity index (χ0v) is 11.8. The zero-order chi connectivity index (χ0) is 12.8. The smallest absolute Gasteiger partial charge is 0.126 e. The second kappa shape index (κ2) is 6.53. The third kappa shape index (κ3) is 3.39. The Kier molecular flexibility index (Phi) is 5.33. The monoisotopic (exact) mass is 235 g/mol. The fraction of sp³-hybridized carbons (Fsp3) is 0.600. The fourth-order valence-corrected chi connectivity index (χ4v) is 2.24. The predicted molar refractivity (Wildman–Crippen MR) is 75.1 cm³/mol. The molecule has 96 valence electrons. The third-order valence-corrected chi connectivity index (χ3v) is 3.30. The van der Waals surface area contributed by atoms with Crippen LogP contribution in [0.2, 0.25) is 0 Å². The first-order valence-electron chi connectivity index (χ1n) is 6.54. The van der Waals surface area contributed by atoms with E-state index in [0.717, 1.165) is 12.2 Å². The second-order valence-corrected chi connectivity index (χ2v) is 4.63. The van der Waals surface area contributed by atoms with Crippen molar-refractivity contribution in [2.45, 2.75) is 53.0 Å². The van der Waals surface area contributed by atoms with Gasteiger partial charge in [0.25, 0.3) is 0 Å². The summed E-state index contributed by atoms with van der Waals surface area (Å²) in [5, 5.41) is 3.62. The number of hydrogen-bond acceptors (Lipinski definition) is 2. The van der Waals surface area contributed by atoms with Gasteiger partial charge in [-0.25, -0.2) is 0 Å². The van der Waals surface area contributed by atoms with E-state index in [1.54, 1.807) is 7.11 Å². The molecule has 0 spiro atoms. The van der Waals surface area contributed by atoms with Crippen molar-refractivity contribution in [2.24, 2.45) is 0 Å². The molecule has 0 amide bonds. The number of methoxy groups -OCH3 is 1. The lowest BCUT2D eigenvalue weighted by atomic mass is 10.1. The quantitative estimate of drug-likeness (QED) is 0.793. The molecular formula is C15H25NO. The van der Waals surface area contributed by atoms with Crippen LogP contribution < -0.4 is 10.1 Å². The van der Waals surface area contributed by atoms with Crippen LogP contribution >= 0.6 is 0 Å².